The van der Waals surface area contributed by atoms with Gasteiger partial charge in [-0.15, -0.1) is 0 Å². The van der Waals surface area contributed by atoms with Gasteiger partial charge in [-0.2, -0.15) is 83.3 Å². The predicted octanol–water partition coefficient (Wildman–Crippen LogP) is 6.69. The molecule has 2 heterocycles. The Bertz CT molecular complexity index is 1540. The molecule has 47 heavy (non-hydrogen) atoms. The van der Waals surface area contributed by atoms with E-state index >= 15 is 0 Å². The first-order valence-corrected chi connectivity index (χ1v) is 14.2. The van der Waals surface area contributed by atoms with Crippen LogP contribution in [0.2, 0.25) is 0 Å². The van der Waals surface area contributed by atoms with Gasteiger partial charge < -0.3 is 4.90 Å². The van der Waals surface area contributed by atoms with Crippen LogP contribution < -0.4 is 4.90 Å². The summed E-state index contributed by atoms with van der Waals surface area (Å²) in [5, 5.41) is -7.65. The Kier molecular flexibility index (Phi) is 9.61. The van der Waals surface area contributed by atoms with Gasteiger partial charge in [0, 0.05) is 44.1 Å². The maximum atomic E-state index is 14.5. The average Bonchev–Trinajstić information content (AvgIpc) is 3.41. The van der Waals surface area contributed by atoms with Gasteiger partial charge in [-0.05, 0) is 17.7 Å². The summed E-state index contributed by atoms with van der Waals surface area (Å²) in [6, 6.07) is 4.93. The van der Waals surface area contributed by atoms with Crippen LogP contribution in [-0.2, 0) is 16.4 Å². The fraction of sp³-hybridized carbons (Fsp3) is 0.619. The molecule has 268 valence electrons. The third kappa shape index (κ3) is 5.83. The Morgan fingerprint density at radius 1 is 0.638 bits per heavy atom. The van der Waals surface area contributed by atoms with Gasteiger partial charge in [0.25, 0.3) is 10.0 Å². The molecule has 1 aromatic carbocycles. The Balaban J connectivity index is 1.85. The number of anilines is 1. The Hall–Kier alpha value is -2.77. The standard InChI is InChI=1S/C21H14F18N4O2S2/c22-11-3-1-10(2-4-11)9-12-40-13(46-41-12)42-5-7-43(8-6-42)47(44,45)21(38,39)19(33,34)17(29,30)15(25,26)14(23,24)16(27,28)18(31,32)20(35,36)37/h1-4H,5-9H2. The largest absolute Gasteiger partial charge is 0.460 e. The van der Waals surface area contributed by atoms with E-state index in [1.54, 1.807) is 0 Å². The second-order valence-corrected chi connectivity index (χ2v) is 12.4. The minimum Gasteiger partial charge on any atom is -0.344 e. The summed E-state index contributed by atoms with van der Waals surface area (Å²) in [5.74, 6) is -52.3. The third-order valence-corrected chi connectivity index (χ3v) is 9.36. The van der Waals surface area contributed by atoms with Crippen molar-refractivity contribution in [2.45, 2.75) is 53.4 Å². The summed E-state index contributed by atoms with van der Waals surface area (Å²) >= 11 is 0.626. The van der Waals surface area contributed by atoms with E-state index in [1.807, 2.05) is 0 Å². The number of alkyl halides is 17. The van der Waals surface area contributed by atoms with Crippen molar-refractivity contribution in [3.05, 3.63) is 41.5 Å². The van der Waals surface area contributed by atoms with E-state index < -0.39 is 93.3 Å². The summed E-state index contributed by atoms with van der Waals surface area (Å²) in [4.78, 5) is 5.11. The van der Waals surface area contributed by atoms with E-state index in [2.05, 4.69) is 9.36 Å². The van der Waals surface area contributed by atoms with Crippen molar-refractivity contribution in [2.24, 2.45) is 0 Å². The second kappa shape index (κ2) is 11.7. The van der Waals surface area contributed by atoms with E-state index in [1.165, 1.54) is 12.1 Å². The van der Waals surface area contributed by atoms with E-state index in [4.69, 9.17) is 0 Å². The van der Waals surface area contributed by atoms with Gasteiger partial charge in [0.2, 0.25) is 5.13 Å². The monoisotopic (exact) mass is 760 g/mol. The number of rotatable bonds is 11. The van der Waals surface area contributed by atoms with Crippen LogP contribution in [0.4, 0.5) is 84.2 Å². The third-order valence-electron chi connectivity index (χ3n) is 6.60. The Morgan fingerprint density at radius 2 is 1.06 bits per heavy atom. The SMILES string of the molecule is O=S(=O)(N1CCN(c2nc(Cc3ccc(F)cc3)ns2)CC1)C(F)(F)C(F)(F)C(F)(F)C(F)(F)C(F)(F)C(F)(F)C(F)(F)C(F)(F)F. The molecule has 0 saturated carbocycles. The number of aromatic nitrogens is 2. The molecule has 1 fully saturated rings. The highest BCUT2D eigenvalue weighted by atomic mass is 32.2. The van der Waals surface area contributed by atoms with Crippen molar-refractivity contribution in [1.29, 1.82) is 0 Å². The second-order valence-electron chi connectivity index (χ2n) is 9.65. The zero-order chi connectivity index (χ0) is 36.4. The van der Waals surface area contributed by atoms with Crippen LogP contribution >= 0.6 is 11.5 Å². The van der Waals surface area contributed by atoms with Crippen LogP contribution in [0.25, 0.3) is 0 Å². The van der Waals surface area contributed by atoms with Gasteiger partial charge in [-0.3, -0.25) is 0 Å². The van der Waals surface area contributed by atoms with Crippen LogP contribution in [0.5, 0.6) is 0 Å². The van der Waals surface area contributed by atoms with Gasteiger partial charge in [0.1, 0.15) is 11.6 Å². The van der Waals surface area contributed by atoms with Crippen LogP contribution in [0.1, 0.15) is 11.4 Å². The van der Waals surface area contributed by atoms with E-state index in [0.717, 1.165) is 17.0 Å². The zero-order valence-electron chi connectivity index (χ0n) is 22.1. The van der Waals surface area contributed by atoms with Gasteiger partial charge >= 0.3 is 47.0 Å². The number of benzene rings is 1. The van der Waals surface area contributed by atoms with Crippen molar-refractivity contribution >= 4 is 26.7 Å². The van der Waals surface area contributed by atoms with Crippen LogP contribution in [-0.4, -0.2) is 95.2 Å². The molecule has 0 spiro atoms. The highest BCUT2D eigenvalue weighted by molar-refractivity contribution is 7.90. The summed E-state index contributed by atoms with van der Waals surface area (Å²) in [6.45, 7) is -4.21. The van der Waals surface area contributed by atoms with Crippen LogP contribution in [0, 0.1) is 5.82 Å². The van der Waals surface area contributed by atoms with Crippen molar-refractivity contribution in [2.75, 3.05) is 31.1 Å². The minimum absolute atomic E-state index is 0.0180. The normalized spacial score (nSPS) is 17.4. The molecule has 0 atom stereocenters. The molecule has 0 N–H and O–H groups in total. The molecule has 6 nitrogen and oxygen atoms in total. The van der Waals surface area contributed by atoms with Crippen molar-refractivity contribution in [3.8, 4) is 0 Å². The molecule has 0 radical (unpaired) electrons. The van der Waals surface area contributed by atoms with Gasteiger partial charge in [0.05, 0.1) is 0 Å². The molecule has 1 aliphatic rings. The summed E-state index contributed by atoms with van der Waals surface area (Å²) in [6.07, 6.45) is -7.88. The quantitative estimate of drug-likeness (QED) is 0.239. The lowest BCUT2D eigenvalue weighted by atomic mass is 9.91. The molecule has 1 aliphatic heterocycles. The number of halogens is 18. The van der Waals surface area contributed by atoms with E-state index in [-0.39, 0.29) is 17.4 Å². The highest BCUT2D eigenvalue weighted by Crippen LogP contribution is 2.64. The molecule has 0 unspecified atom stereocenters. The topological polar surface area (TPSA) is 66.4 Å². The maximum absolute atomic E-state index is 14.5. The molecule has 1 aromatic heterocycles. The Labute approximate surface area is 254 Å². The number of sulfonamides is 1. The molecule has 0 amide bonds. The lowest BCUT2D eigenvalue weighted by Crippen LogP contribution is -2.75. The number of hydrogen-bond donors (Lipinski definition) is 0. The summed E-state index contributed by atoms with van der Waals surface area (Å²) in [7, 11) is -7.35. The van der Waals surface area contributed by atoms with Crippen LogP contribution in [0.3, 0.4) is 0 Å². The zero-order valence-corrected chi connectivity index (χ0v) is 23.7. The van der Waals surface area contributed by atoms with Crippen molar-refractivity contribution in [3.63, 3.8) is 0 Å². The molecular formula is C21H14F18N4O2S2. The van der Waals surface area contributed by atoms with Gasteiger partial charge in [-0.1, -0.05) is 12.1 Å². The highest BCUT2D eigenvalue weighted by Gasteiger charge is 2.96. The van der Waals surface area contributed by atoms with Gasteiger partial charge in [0.15, 0.2) is 0 Å². The number of piperazine rings is 1. The summed E-state index contributed by atoms with van der Waals surface area (Å²) in [5.41, 5.74) is 0.507. The average molecular weight is 760 g/mol. The van der Waals surface area contributed by atoms with Crippen molar-refractivity contribution in [1.82, 2.24) is 13.7 Å². The summed E-state index contributed by atoms with van der Waals surface area (Å²) < 4.78 is 271. The number of hydrogen-bond acceptors (Lipinski definition) is 6. The molecular weight excluding hydrogens is 746 g/mol. The first-order valence-electron chi connectivity index (χ1n) is 11.9. The van der Waals surface area contributed by atoms with E-state index in [0.29, 0.717) is 17.1 Å². The molecule has 0 aliphatic carbocycles. The van der Waals surface area contributed by atoms with Gasteiger partial charge in [-0.25, -0.2) is 17.8 Å². The Morgan fingerprint density at radius 3 is 1.51 bits per heavy atom. The number of nitrogens with zero attached hydrogens (tertiary/aromatic N) is 4. The first kappa shape index (κ1) is 38.7. The molecule has 0 bridgehead atoms. The minimum atomic E-state index is -8.89. The fourth-order valence-electron chi connectivity index (χ4n) is 3.82. The lowest BCUT2D eigenvalue weighted by Gasteiger charge is -2.43. The fourth-order valence-corrected chi connectivity index (χ4v) is 5.98. The van der Waals surface area contributed by atoms with E-state index in [9.17, 15) is 87.4 Å². The maximum Gasteiger partial charge on any atom is 0.460 e. The molecule has 26 heteroatoms. The lowest BCUT2D eigenvalue weighted by molar-refractivity contribution is -0.458. The van der Waals surface area contributed by atoms with Crippen molar-refractivity contribution < 1.29 is 87.4 Å². The molecule has 1 saturated heterocycles. The smallest absolute Gasteiger partial charge is 0.344 e. The molecule has 2 aromatic rings. The van der Waals surface area contributed by atoms with Crippen LogP contribution in [0.15, 0.2) is 24.3 Å². The predicted molar refractivity (Wildman–Crippen MR) is 123 cm³/mol. The first-order chi connectivity index (χ1) is 20.9. The molecule has 3 rings (SSSR count).